The van der Waals surface area contributed by atoms with E-state index in [1.165, 1.54) is 11.1 Å². The second-order valence-electron chi connectivity index (χ2n) is 12.2. The lowest BCUT2D eigenvalue weighted by atomic mass is 9.91. The van der Waals surface area contributed by atoms with E-state index in [1.54, 1.807) is 0 Å². The van der Waals surface area contributed by atoms with Gasteiger partial charge in [-0.15, -0.1) is 0 Å². The van der Waals surface area contributed by atoms with Crippen LogP contribution in [-0.4, -0.2) is 0 Å². The van der Waals surface area contributed by atoms with E-state index in [1.807, 2.05) is 24.3 Å². The summed E-state index contributed by atoms with van der Waals surface area (Å²) >= 11 is 0. The SMILES string of the molecule is NC(Cc1ccccc1)c1cccc2oc3c(-c4cccc(-c5ccccc5)c4)cc(-c4cccc5c4oc4ccccc45)cc3c12. The first-order chi connectivity index (χ1) is 23.2. The largest absolute Gasteiger partial charge is 0.455 e. The molecular formula is C44H31NO2. The van der Waals surface area contributed by atoms with Crippen molar-refractivity contribution in [3.8, 4) is 33.4 Å². The molecule has 0 fully saturated rings. The van der Waals surface area contributed by atoms with Gasteiger partial charge in [-0.2, -0.15) is 0 Å². The van der Waals surface area contributed by atoms with Crippen molar-refractivity contribution >= 4 is 43.9 Å². The molecular weight excluding hydrogens is 574 g/mol. The lowest BCUT2D eigenvalue weighted by Gasteiger charge is -2.14. The highest BCUT2D eigenvalue weighted by Crippen LogP contribution is 2.44. The van der Waals surface area contributed by atoms with Crippen LogP contribution >= 0.6 is 0 Å². The second kappa shape index (κ2) is 11.2. The molecule has 47 heavy (non-hydrogen) atoms. The number of rotatable bonds is 6. The predicted molar refractivity (Wildman–Crippen MR) is 194 cm³/mol. The number of benzene rings is 7. The molecule has 0 bridgehead atoms. The molecule has 0 aliphatic heterocycles. The maximum Gasteiger partial charge on any atom is 0.143 e. The zero-order chi connectivity index (χ0) is 31.3. The molecule has 0 saturated heterocycles. The molecule has 3 nitrogen and oxygen atoms in total. The van der Waals surface area contributed by atoms with Crippen LogP contribution in [0.5, 0.6) is 0 Å². The number of para-hydroxylation sites is 2. The van der Waals surface area contributed by atoms with Crippen LogP contribution in [0.3, 0.4) is 0 Å². The number of fused-ring (bicyclic) bond motifs is 6. The van der Waals surface area contributed by atoms with Crippen molar-refractivity contribution in [2.24, 2.45) is 5.73 Å². The molecule has 224 valence electrons. The molecule has 3 heteroatoms. The van der Waals surface area contributed by atoms with Crippen LogP contribution in [0.15, 0.2) is 167 Å². The predicted octanol–water partition coefficient (Wildman–Crippen LogP) is 11.7. The summed E-state index contributed by atoms with van der Waals surface area (Å²) in [6.07, 6.45) is 0.733. The fourth-order valence-electron chi connectivity index (χ4n) is 7.08. The first kappa shape index (κ1) is 27.4. The Kier molecular flexibility index (Phi) is 6.51. The summed E-state index contributed by atoms with van der Waals surface area (Å²) in [6.45, 7) is 0. The maximum atomic E-state index is 6.99. The third-order valence-electron chi connectivity index (χ3n) is 9.32. The van der Waals surface area contributed by atoms with Crippen molar-refractivity contribution in [2.75, 3.05) is 0 Å². The van der Waals surface area contributed by atoms with Crippen molar-refractivity contribution in [2.45, 2.75) is 12.5 Å². The molecule has 9 aromatic rings. The minimum atomic E-state index is -0.200. The van der Waals surface area contributed by atoms with Gasteiger partial charge in [-0.25, -0.2) is 0 Å². The first-order valence-electron chi connectivity index (χ1n) is 16.1. The Morgan fingerprint density at radius 2 is 1.09 bits per heavy atom. The average Bonchev–Trinajstić information content (AvgIpc) is 3.71. The lowest BCUT2D eigenvalue weighted by Crippen LogP contribution is -2.13. The van der Waals surface area contributed by atoms with Crippen molar-refractivity contribution in [3.05, 3.63) is 169 Å². The Labute approximate surface area is 272 Å². The summed E-state index contributed by atoms with van der Waals surface area (Å²) in [4.78, 5) is 0. The van der Waals surface area contributed by atoms with Gasteiger partial charge in [-0.05, 0) is 70.1 Å². The zero-order valence-electron chi connectivity index (χ0n) is 25.7. The summed E-state index contributed by atoms with van der Waals surface area (Å²) in [7, 11) is 0. The van der Waals surface area contributed by atoms with E-state index in [-0.39, 0.29) is 6.04 Å². The smallest absolute Gasteiger partial charge is 0.143 e. The van der Waals surface area contributed by atoms with Gasteiger partial charge < -0.3 is 14.6 Å². The van der Waals surface area contributed by atoms with Crippen LogP contribution in [0.25, 0.3) is 77.3 Å². The van der Waals surface area contributed by atoms with Gasteiger partial charge in [0.1, 0.15) is 22.3 Å². The van der Waals surface area contributed by atoms with E-state index in [2.05, 4.69) is 133 Å². The van der Waals surface area contributed by atoms with Gasteiger partial charge >= 0.3 is 0 Å². The quantitative estimate of drug-likeness (QED) is 0.205. The van der Waals surface area contributed by atoms with E-state index in [9.17, 15) is 0 Å². The third kappa shape index (κ3) is 4.72. The first-order valence-corrected chi connectivity index (χ1v) is 16.1. The Bertz CT molecular complexity index is 2560. The Morgan fingerprint density at radius 1 is 0.447 bits per heavy atom. The van der Waals surface area contributed by atoms with Crippen molar-refractivity contribution in [1.82, 2.24) is 0 Å². The fourth-order valence-corrected chi connectivity index (χ4v) is 7.08. The summed E-state index contributed by atoms with van der Waals surface area (Å²) in [5.41, 5.74) is 19.3. The number of furan rings is 2. The minimum Gasteiger partial charge on any atom is -0.455 e. The van der Waals surface area contributed by atoms with E-state index < -0.39 is 0 Å². The monoisotopic (exact) mass is 605 g/mol. The Morgan fingerprint density at radius 3 is 1.96 bits per heavy atom. The molecule has 7 aromatic carbocycles. The minimum absolute atomic E-state index is 0.200. The van der Waals surface area contributed by atoms with E-state index in [0.717, 1.165) is 83.7 Å². The van der Waals surface area contributed by atoms with Gasteiger partial charge in [0.05, 0.1) is 0 Å². The van der Waals surface area contributed by atoms with Crippen LogP contribution in [0.4, 0.5) is 0 Å². The van der Waals surface area contributed by atoms with E-state index in [4.69, 9.17) is 14.6 Å². The van der Waals surface area contributed by atoms with Gasteiger partial charge in [0.25, 0.3) is 0 Å². The molecule has 2 N–H and O–H groups in total. The summed E-state index contributed by atoms with van der Waals surface area (Å²) in [5.74, 6) is 0. The Balaban J connectivity index is 1.32. The van der Waals surface area contributed by atoms with Crippen LogP contribution in [0.1, 0.15) is 17.2 Å². The molecule has 2 heterocycles. The fraction of sp³-hybridized carbons (Fsp3) is 0.0455. The average molecular weight is 606 g/mol. The van der Waals surface area contributed by atoms with Gasteiger partial charge in [0, 0.05) is 38.7 Å². The van der Waals surface area contributed by atoms with Crippen molar-refractivity contribution < 1.29 is 8.83 Å². The molecule has 9 rings (SSSR count). The van der Waals surface area contributed by atoms with Crippen molar-refractivity contribution in [1.29, 1.82) is 0 Å². The molecule has 1 unspecified atom stereocenters. The molecule has 0 saturated carbocycles. The van der Waals surface area contributed by atoms with Crippen LogP contribution in [-0.2, 0) is 6.42 Å². The highest BCUT2D eigenvalue weighted by Gasteiger charge is 2.21. The molecule has 0 aliphatic rings. The van der Waals surface area contributed by atoms with Gasteiger partial charge in [0.15, 0.2) is 0 Å². The highest BCUT2D eigenvalue weighted by molar-refractivity contribution is 6.15. The normalized spacial score (nSPS) is 12.4. The number of hydrogen-bond acceptors (Lipinski definition) is 3. The summed E-state index contributed by atoms with van der Waals surface area (Å²) < 4.78 is 13.3. The van der Waals surface area contributed by atoms with Gasteiger partial charge in [-0.3, -0.25) is 0 Å². The maximum absolute atomic E-state index is 6.99. The van der Waals surface area contributed by atoms with E-state index >= 15 is 0 Å². The second-order valence-corrected chi connectivity index (χ2v) is 12.2. The topological polar surface area (TPSA) is 52.3 Å². The zero-order valence-corrected chi connectivity index (χ0v) is 25.7. The number of hydrogen-bond donors (Lipinski definition) is 1. The summed E-state index contributed by atoms with van der Waals surface area (Å²) in [5, 5.41) is 4.33. The molecule has 0 aliphatic carbocycles. The number of nitrogens with two attached hydrogens (primary N) is 1. The molecule has 0 amide bonds. The highest BCUT2D eigenvalue weighted by atomic mass is 16.3. The Hall–Kier alpha value is -5.90. The molecule has 0 spiro atoms. The summed E-state index contributed by atoms with van der Waals surface area (Å²) in [6, 6.07) is 54.9. The standard InChI is InChI=1S/C44H31NO2/c45-39(24-28-12-3-1-4-13-28)36-21-11-23-41-42(36)38-27-32(33-19-10-20-35-34-18-7-8-22-40(34)46-43(33)35)26-37(44(38)47-41)31-17-9-16-30(25-31)29-14-5-2-6-15-29/h1-23,25-27,39H,24,45H2. The lowest BCUT2D eigenvalue weighted by molar-refractivity contribution is 0.667. The molecule has 2 aromatic heterocycles. The van der Waals surface area contributed by atoms with Crippen LogP contribution in [0.2, 0.25) is 0 Å². The van der Waals surface area contributed by atoms with Crippen molar-refractivity contribution in [3.63, 3.8) is 0 Å². The van der Waals surface area contributed by atoms with Gasteiger partial charge in [0.2, 0.25) is 0 Å². The van der Waals surface area contributed by atoms with Crippen LogP contribution < -0.4 is 5.73 Å². The molecule has 0 radical (unpaired) electrons. The van der Waals surface area contributed by atoms with Crippen LogP contribution in [0, 0.1) is 0 Å². The van der Waals surface area contributed by atoms with Gasteiger partial charge in [-0.1, -0.05) is 127 Å². The third-order valence-corrected chi connectivity index (χ3v) is 9.32. The molecule has 1 atom stereocenters. The van der Waals surface area contributed by atoms with E-state index in [0.29, 0.717) is 0 Å².